The topological polar surface area (TPSA) is 38.0 Å². The summed E-state index contributed by atoms with van der Waals surface area (Å²) in [7, 11) is 0. The van der Waals surface area contributed by atoms with E-state index in [1.807, 2.05) is 0 Å². The van der Waals surface area contributed by atoms with Crippen molar-refractivity contribution in [2.45, 2.75) is 91.6 Å². The fourth-order valence-electron chi connectivity index (χ4n) is 4.67. The largest absolute Gasteiger partial charge is 0.329 e. The molecule has 2 heteroatoms. The van der Waals surface area contributed by atoms with Crippen molar-refractivity contribution in [3.63, 3.8) is 0 Å². The van der Waals surface area contributed by atoms with Crippen LogP contribution in [-0.2, 0) is 0 Å². The van der Waals surface area contributed by atoms with Crippen LogP contribution in [0.25, 0.3) is 0 Å². The van der Waals surface area contributed by atoms with Crippen molar-refractivity contribution >= 4 is 0 Å². The van der Waals surface area contributed by atoms with Crippen LogP contribution in [0.5, 0.6) is 0 Å². The number of nitrogens with one attached hydrogen (secondary N) is 1. The zero-order valence-corrected chi connectivity index (χ0v) is 15.0. The van der Waals surface area contributed by atoms with Gasteiger partial charge in [0.2, 0.25) is 0 Å². The zero-order valence-electron chi connectivity index (χ0n) is 15.0. The molecule has 21 heavy (non-hydrogen) atoms. The summed E-state index contributed by atoms with van der Waals surface area (Å²) in [6.07, 6.45) is 9.53. The van der Waals surface area contributed by atoms with Crippen LogP contribution in [0.2, 0.25) is 0 Å². The van der Waals surface area contributed by atoms with Gasteiger partial charge in [0.1, 0.15) is 0 Å². The van der Waals surface area contributed by atoms with E-state index in [0.29, 0.717) is 22.9 Å². The summed E-state index contributed by atoms with van der Waals surface area (Å²) in [6.45, 7) is 12.8. The van der Waals surface area contributed by atoms with Crippen molar-refractivity contribution in [3.05, 3.63) is 0 Å². The number of nitrogens with two attached hydrogens (primary N) is 1. The second-order valence-electron chi connectivity index (χ2n) is 9.59. The Kier molecular flexibility index (Phi) is 5.41. The quantitative estimate of drug-likeness (QED) is 0.809. The third-order valence-corrected chi connectivity index (χ3v) is 6.24. The fraction of sp³-hybridized carbons (Fsp3) is 1.00. The molecule has 2 saturated carbocycles. The van der Waals surface area contributed by atoms with Crippen molar-refractivity contribution < 1.29 is 0 Å². The molecule has 2 nitrogen and oxygen atoms in total. The second-order valence-corrected chi connectivity index (χ2v) is 9.59. The van der Waals surface area contributed by atoms with Crippen LogP contribution in [0, 0.1) is 22.7 Å². The summed E-state index contributed by atoms with van der Waals surface area (Å²) in [5, 5.41) is 3.92. The van der Waals surface area contributed by atoms with Crippen molar-refractivity contribution in [3.8, 4) is 0 Å². The van der Waals surface area contributed by atoms with E-state index in [4.69, 9.17) is 5.73 Å². The number of rotatable bonds is 4. The first-order valence-electron chi connectivity index (χ1n) is 9.17. The van der Waals surface area contributed by atoms with Gasteiger partial charge in [-0.15, -0.1) is 0 Å². The zero-order chi connectivity index (χ0) is 15.7. The van der Waals surface area contributed by atoms with Gasteiger partial charge in [-0.2, -0.15) is 0 Å². The highest BCUT2D eigenvalue weighted by Gasteiger charge is 2.35. The first-order valence-corrected chi connectivity index (χ1v) is 9.17. The lowest BCUT2D eigenvalue weighted by molar-refractivity contribution is 0.130. The summed E-state index contributed by atoms with van der Waals surface area (Å²) >= 11 is 0. The molecule has 3 N–H and O–H groups in total. The highest BCUT2D eigenvalue weighted by atomic mass is 15.0. The molecule has 2 unspecified atom stereocenters. The molecule has 2 fully saturated rings. The Hall–Kier alpha value is -0.0800. The lowest BCUT2D eigenvalue weighted by Crippen LogP contribution is -2.48. The molecular weight excluding hydrogens is 256 g/mol. The van der Waals surface area contributed by atoms with Gasteiger partial charge in [-0.25, -0.2) is 0 Å². The Morgan fingerprint density at radius 1 is 1.10 bits per heavy atom. The van der Waals surface area contributed by atoms with Gasteiger partial charge in [0, 0.05) is 18.6 Å². The fourth-order valence-corrected chi connectivity index (χ4v) is 4.67. The van der Waals surface area contributed by atoms with Gasteiger partial charge in [-0.3, -0.25) is 0 Å². The van der Waals surface area contributed by atoms with Crippen LogP contribution < -0.4 is 11.1 Å². The van der Waals surface area contributed by atoms with E-state index in [2.05, 4.69) is 39.9 Å². The van der Waals surface area contributed by atoms with Crippen LogP contribution in [0.1, 0.15) is 79.6 Å². The molecule has 2 atom stereocenters. The van der Waals surface area contributed by atoms with E-state index in [-0.39, 0.29) is 0 Å². The maximum absolute atomic E-state index is 6.11. The smallest absolute Gasteiger partial charge is 0.0221 e. The second kappa shape index (κ2) is 6.58. The molecule has 0 aliphatic heterocycles. The Morgan fingerprint density at radius 2 is 1.71 bits per heavy atom. The molecule has 0 aromatic heterocycles. The average Bonchev–Trinajstić information content (AvgIpc) is 2.74. The van der Waals surface area contributed by atoms with Gasteiger partial charge in [0.05, 0.1) is 0 Å². The molecule has 0 radical (unpaired) electrons. The summed E-state index contributed by atoms with van der Waals surface area (Å²) < 4.78 is 0. The van der Waals surface area contributed by atoms with Crippen molar-refractivity contribution in [2.24, 2.45) is 28.4 Å². The summed E-state index contributed by atoms with van der Waals surface area (Å²) in [5.41, 5.74) is 7.11. The lowest BCUT2D eigenvalue weighted by Gasteiger charge is -2.40. The van der Waals surface area contributed by atoms with E-state index in [1.54, 1.807) is 0 Å². The van der Waals surface area contributed by atoms with Crippen molar-refractivity contribution in [1.82, 2.24) is 5.32 Å². The first kappa shape index (κ1) is 17.3. The molecule has 0 aromatic rings. The maximum Gasteiger partial charge on any atom is 0.0221 e. The third kappa shape index (κ3) is 4.69. The Morgan fingerprint density at radius 3 is 2.14 bits per heavy atom. The van der Waals surface area contributed by atoms with Gasteiger partial charge >= 0.3 is 0 Å². The molecule has 0 heterocycles. The van der Waals surface area contributed by atoms with Crippen LogP contribution in [0.3, 0.4) is 0 Å². The minimum absolute atomic E-state index is 0.478. The Labute approximate surface area is 132 Å². The molecule has 2 aliphatic rings. The molecular formula is C19H38N2. The molecule has 124 valence electrons. The van der Waals surface area contributed by atoms with Gasteiger partial charge in [0.25, 0.3) is 0 Å². The summed E-state index contributed by atoms with van der Waals surface area (Å²) in [6, 6.07) is 1.25. The standard InChI is InChI=1S/C19H38N2/c1-18(2,3)15-8-6-14(7-9-15)17(13-20)21-16-10-11-19(4,5)12-16/h14-17,21H,6-13,20H2,1-5H3. The van der Waals surface area contributed by atoms with E-state index in [0.717, 1.165) is 18.4 Å². The predicted molar refractivity (Wildman–Crippen MR) is 92.3 cm³/mol. The van der Waals surface area contributed by atoms with E-state index in [9.17, 15) is 0 Å². The summed E-state index contributed by atoms with van der Waals surface area (Å²) in [4.78, 5) is 0. The van der Waals surface area contributed by atoms with Crippen LogP contribution in [0.4, 0.5) is 0 Å². The van der Waals surface area contributed by atoms with Gasteiger partial charge in [0.15, 0.2) is 0 Å². The van der Waals surface area contributed by atoms with E-state index in [1.165, 1.54) is 44.9 Å². The van der Waals surface area contributed by atoms with Gasteiger partial charge in [-0.1, -0.05) is 34.6 Å². The Balaban J connectivity index is 1.83. The van der Waals surface area contributed by atoms with Crippen LogP contribution in [0.15, 0.2) is 0 Å². The van der Waals surface area contributed by atoms with Crippen LogP contribution >= 0.6 is 0 Å². The molecule has 0 bridgehead atoms. The first-order chi connectivity index (χ1) is 9.71. The van der Waals surface area contributed by atoms with Gasteiger partial charge in [-0.05, 0) is 67.6 Å². The molecule has 0 amide bonds. The number of hydrogen-bond donors (Lipinski definition) is 2. The lowest BCUT2D eigenvalue weighted by atomic mass is 9.68. The third-order valence-electron chi connectivity index (χ3n) is 6.24. The van der Waals surface area contributed by atoms with Gasteiger partial charge < -0.3 is 11.1 Å². The molecule has 2 rings (SSSR count). The highest BCUT2D eigenvalue weighted by molar-refractivity contribution is 4.92. The minimum atomic E-state index is 0.478. The highest BCUT2D eigenvalue weighted by Crippen LogP contribution is 2.41. The molecule has 0 spiro atoms. The Bertz CT molecular complexity index is 321. The molecule has 0 saturated heterocycles. The van der Waals surface area contributed by atoms with Crippen molar-refractivity contribution in [1.29, 1.82) is 0 Å². The van der Waals surface area contributed by atoms with E-state index < -0.39 is 0 Å². The number of hydrogen-bond acceptors (Lipinski definition) is 2. The molecule has 2 aliphatic carbocycles. The summed E-state index contributed by atoms with van der Waals surface area (Å²) in [5.74, 6) is 1.70. The van der Waals surface area contributed by atoms with Crippen molar-refractivity contribution in [2.75, 3.05) is 6.54 Å². The predicted octanol–water partition coefficient (Wildman–Crippen LogP) is 4.33. The SMILES string of the molecule is CC1(C)CCC(NC(CN)C2CCC(C(C)(C)C)CC2)C1. The normalized spacial score (nSPS) is 34.9. The average molecular weight is 295 g/mol. The van der Waals surface area contributed by atoms with E-state index >= 15 is 0 Å². The maximum atomic E-state index is 6.11. The minimum Gasteiger partial charge on any atom is -0.329 e. The van der Waals surface area contributed by atoms with Crippen LogP contribution in [-0.4, -0.2) is 18.6 Å². The molecule has 0 aromatic carbocycles. The monoisotopic (exact) mass is 294 g/mol.